The average Bonchev–Trinajstić information content (AvgIpc) is 3.29. The number of aliphatic carboxylic acids is 1. The minimum Gasteiger partial charge on any atom is -0.480 e. The zero-order chi connectivity index (χ0) is 28.2. The van der Waals surface area contributed by atoms with E-state index >= 15 is 0 Å². The molecule has 1 fully saturated rings. The Labute approximate surface area is 238 Å². The lowest BCUT2D eigenvalue weighted by Crippen LogP contribution is -2.44. The van der Waals surface area contributed by atoms with Crippen LogP contribution in [0.25, 0.3) is 17.0 Å². The van der Waals surface area contributed by atoms with Gasteiger partial charge in [-0.1, -0.05) is 26.0 Å². The topological polar surface area (TPSA) is 95.3 Å². The fourth-order valence-electron chi connectivity index (χ4n) is 5.78. The molecular formula is C32H46N6O2. The number of carboxylic acid groups (broad SMARTS) is 1. The molecule has 2 aliphatic rings. The van der Waals surface area contributed by atoms with Gasteiger partial charge >= 0.3 is 5.97 Å². The Morgan fingerprint density at radius 3 is 2.70 bits per heavy atom. The Morgan fingerprint density at radius 1 is 1.12 bits per heavy atom. The molecule has 0 unspecified atom stereocenters. The van der Waals surface area contributed by atoms with Crippen molar-refractivity contribution < 1.29 is 9.90 Å². The summed E-state index contributed by atoms with van der Waals surface area (Å²) in [4.78, 5) is 23.0. The molecule has 216 valence electrons. The van der Waals surface area contributed by atoms with Gasteiger partial charge in [-0.05, 0) is 87.4 Å². The number of pyridine rings is 2. The summed E-state index contributed by atoms with van der Waals surface area (Å²) in [6.45, 7) is 11.2. The van der Waals surface area contributed by atoms with Gasteiger partial charge in [0.05, 0.1) is 11.2 Å². The van der Waals surface area contributed by atoms with E-state index in [2.05, 4.69) is 57.6 Å². The molecule has 1 aliphatic heterocycles. The molecule has 1 saturated heterocycles. The monoisotopic (exact) mass is 546 g/mol. The van der Waals surface area contributed by atoms with E-state index in [1.165, 1.54) is 42.5 Å². The molecule has 0 amide bonds. The highest BCUT2D eigenvalue weighted by Gasteiger charge is 2.19. The Morgan fingerprint density at radius 2 is 1.95 bits per heavy atom. The van der Waals surface area contributed by atoms with Gasteiger partial charge in [0.1, 0.15) is 6.54 Å². The van der Waals surface area contributed by atoms with Crippen LogP contribution >= 0.6 is 0 Å². The Hall–Kier alpha value is -3.07. The molecule has 5 rings (SSSR count). The van der Waals surface area contributed by atoms with Crippen molar-refractivity contribution in [3.63, 3.8) is 0 Å². The third-order valence-corrected chi connectivity index (χ3v) is 7.78. The number of allylic oxidation sites excluding steroid dienone is 1. The van der Waals surface area contributed by atoms with E-state index in [4.69, 9.17) is 0 Å². The van der Waals surface area contributed by atoms with Gasteiger partial charge in [0, 0.05) is 61.9 Å². The second kappa shape index (κ2) is 15.6. The second-order valence-corrected chi connectivity index (χ2v) is 10.6. The SMILES string of the molecule is CC/C=C\c1c(CC)c2ccnc(CNCCCN3CCNCC3)c2n1CC(=O)O.c1cnc2c(c1)CCCC2. The standard InChI is InChI=1S/C23H35N5O2.C9H11N/c1-3-5-7-21-18(4-2)19-8-10-26-20(23(19)28(21)17-22(29)30)16-25-9-6-13-27-14-11-24-12-15-27;1-2-6-9-8(4-1)5-3-7-10-9/h5,7-8,10,24-25H,3-4,6,9,11-17H2,1-2H3,(H,29,30);3,5,7H,1-2,4,6H2/b7-5-;. The van der Waals surface area contributed by atoms with Gasteiger partial charge in [-0.3, -0.25) is 14.8 Å². The molecule has 8 nitrogen and oxygen atoms in total. The lowest BCUT2D eigenvalue weighted by molar-refractivity contribution is -0.137. The van der Waals surface area contributed by atoms with Crippen molar-refractivity contribution in [2.24, 2.45) is 0 Å². The number of nitrogens with one attached hydrogen (secondary N) is 2. The van der Waals surface area contributed by atoms with Crippen LogP contribution in [-0.4, -0.2) is 69.8 Å². The average molecular weight is 547 g/mol. The highest BCUT2D eigenvalue weighted by atomic mass is 16.4. The summed E-state index contributed by atoms with van der Waals surface area (Å²) in [5.74, 6) is -0.834. The van der Waals surface area contributed by atoms with Gasteiger partial charge in [-0.2, -0.15) is 0 Å². The van der Waals surface area contributed by atoms with Crippen molar-refractivity contribution in [2.75, 3.05) is 39.3 Å². The first-order valence-corrected chi connectivity index (χ1v) is 15.1. The molecule has 8 heteroatoms. The number of hydrogen-bond donors (Lipinski definition) is 3. The molecule has 0 spiro atoms. The quantitative estimate of drug-likeness (QED) is 0.306. The first kappa shape index (κ1) is 29.9. The number of fused-ring (bicyclic) bond motifs is 2. The molecule has 3 aromatic rings. The van der Waals surface area contributed by atoms with Crippen molar-refractivity contribution in [3.05, 3.63) is 64.9 Å². The summed E-state index contributed by atoms with van der Waals surface area (Å²) in [6, 6.07) is 6.25. The van der Waals surface area contributed by atoms with Crippen LogP contribution in [0.1, 0.15) is 67.7 Å². The first-order chi connectivity index (χ1) is 19.6. The fraction of sp³-hybridized carbons (Fsp3) is 0.531. The van der Waals surface area contributed by atoms with Crippen molar-refractivity contribution in [3.8, 4) is 0 Å². The number of nitrogens with zero attached hydrogens (tertiary/aromatic N) is 4. The lowest BCUT2D eigenvalue weighted by atomic mass is 9.96. The van der Waals surface area contributed by atoms with Crippen molar-refractivity contribution in [2.45, 2.75) is 71.9 Å². The van der Waals surface area contributed by atoms with Crippen LogP contribution in [-0.2, 0) is 37.1 Å². The maximum atomic E-state index is 11.6. The molecule has 1 aliphatic carbocycles. The number of piperazine rings is 1. The maximum absolute atomic E-state index is 11.6. The first-order valence-electron chi connectivity index (χ1n) is 15.1. The van der Waals surface area contributed by atoms with E-state index in [0.29, 0.717) is 6.54 Å². The van der Waals surface area contributed by atoms with Crippen LogP contribution in [0.5, 0.6) is 0 Å². The number of hydrogen-bond acceptors (Lipinski definition) is 6. The maximum Gasteiger partial charge on any atom is 0.323 e. The molecule has 3 aromatic heterocycles. The van der Waals surface area contributed by atoms with Gasteiger partial charge in [-0.25, -0.2) is 0 Å². The van der Waals surface area contributed by atoms with Gasteiger partial charge in [0.15, 0.2) is 0 Å². The van der Waals surface area contributed by atoms with Crippen molar-refractivity contribution in [1.29, 1.82) is 0 Å². The van der Waals surface area contributed by atoms with Gasteiger partial charge < -0.3 is 25.2 Å². The van der Waals surface area contributed by atoms with Gasteiger partial charge in [-0.15, -0.1) is 0 Å². The van der Waals surface area contributed by atoms with Gasteiger partial charge in [0.25, 0.3) is 0 Å². The van der Waals surface area contributed by atoms with Crippen molar-refractivity contribution in [1.82, 2.24) is 30.1 Å². The molecule has 0 aromatic carbocycles. The van der Waals surface area contributed by atoms with Crippen molar-refractivity contribution >= 4 is 22.9 Å². The molecule has 3 N–H and O–H groups in total. The summed E-state index contributed by atoms with van der Waals surface area (Å²) >= 11 is 0. The second-order valence-electron chi connectivity index (χ2n) is 10.6. The van der Waals surface area contributed by atoms with Crippen LogP contribution in [0.3, 0.4) is 0 Å². The summed E-state index contributed by atoms with van der Waals surface area (Å²) in [7, 11) is 0. The third-order valence-electron chi connectivity index (χ3n) is 7.78. The number of aromatic nitrogens is 3. The molecule has 40 heavy (non-hydrogen) atoms. The smallest absolute Gasteiger partial charge is 0.323 e. The van der Waals surface area contributed by atoms with Crippen LogP contribution in [0.2, 0.25) is 0 Å². The molecular weight excluding hydrogens is 500 g/mol. The van der Waals surface area contributed by atoms with Crippen LogP contribution in [0.15, 0.2) is 36.7 Å². The Kier molecular flexibility index (Phi) is 11.7. The summed E-state index contributed by atoms with van der Waals surface area (Å²) in [6.07, 6.45) is 15.9. The van der Waals surface area contributed by atoms with E-state index in [-0.39, 0.29) is 6.54 Å². The normalized spacial score (nSPS) is 15.7. The zero-order valence-electron chi connectivity index (χ0n) is 24.3. The molecule has 4 heterocycles. The summed E-state index contributed by atoms with van der Waals surface area (Å²) < 4.78 is 1.92. The van der Waals surface area contributed by atoms with E-state index in [9.17, 15) is 9.90 Å². The predicted molar refractivity (Wildman–Crippen MR) is 163 cm³/mol. The number of aryl methyl sites for hydroxylation is 3. The predicted octanol–water partition coefficient (Wildman–Crippen LogP) is 4.45. The van der Waals surface area contributed by atoms with E-state index < -0.39 is 5.97 Å². The van der Waals surface area contributed by atoms with Crippen LogP contribution in [0, 0.1) is 0 Å². The number of carboxylic acids is 1. The molecule has 0 bridgehead atoms. The minimum absolute atomic E-state index is 0.0540. The van der Waals surface area contributed by atoms with E-state index in [0.717, 1.165) is 80.8 Å². The Bertz CT molecular complexity index is 1240. The highest BCUT2D eigenvalue weighted by Crippen LogP contribution is 2.30. The van der Waals surface area contributed by atoms with Crippen LogP contribution in [0.4, 0.5) is 0 Å². The van der Waals surface area contributed by atoms with Crippen LogP contribution < -0.4 is 10.6 Å². The molecule has 0 radical (unpaired) electrons. The highest BCUT2D eigenvalue weighted by molar-refractivity contribution is 5.90. The fourth-order valence-corrected chi connectivity index (χ4v) is 5.78. The summed E-state index contributed by atoms with van der Waals surface area (Å²) in [5, 5.41) is 17.5. The Balaban J connectivity index is 0.000000307. The number of rotatable bonds is 11. The molecule has 0 saturated carbocycles. The summed E-state index contributed by atoms with van der Waals surface area (Å²) in [5.41, 5.74) is 6.84. The molecule has 0 atom stereocenters. The third kappa shape index (κ3) is 7.99. The van der Waals surface area contributed by atoms with Gasteiger partial charge in [0.2, 0.25) is 0 Å². The lowest BCUT2D eigenvalue weighted by Gasteiger charge is -2.27. The number of carbonyl (C=O) groups is 1. The zero-order valence-corrected chi connectivity index (χ0v) is 24.3. The van der Waals surface area contributed by atoms with E-state index in [1.54, 1.807) is 0 Å². The largest absolute Gasteiger partial charge is 0.480 e. The minimum atomic E-state index is -0.834. The van der Waals surface area contributed by atoms with E-state index in [1.807, 2.05) is 29.1 Å².